The highest BCUT2D eigenvalue weighted by Crippen LogP contribution is 2.29. The van der Waals surface area contributed by atoms with E-state index in [1.165, 1.54) is 6.07 Å². The number of anilines is 1. The third-order valence-electron chi connectivity index (χ3n) is 2.16. The Balaban J connectivity index is 2.71. The number of nitrogens with zero attached hydrogens (tertiary/aromatic N) is 2. The van der Waals surface area contributed by atoms with Crippen molar-refractivity contribution in [2.75, 3.05) is 25.0 Å². The van der Waals surface area contributed by atoms with Gasteiger partial charge in [-0.1, -0.05) is 0 Å². The number of aromatic nitrogens is 1. The first-order valence-corrected chi connectivity index (χ1v) is 4.89. The first-order chi connectivity index (χ1) is 7.45. The normalized spacial score (nSPS) is 11.6. The Morgan fingerprint density at radius 3 is 2.50 bits per heavy atom. The lowest BCUT2D eigenvalue weighted by atomic mass is 10.2. The Labute approximate surface area is 92.1 Å². The molecule has 2 N–H and O–H groups in total. The lowest BCUT2D eigenvalue weighted by Gasteiger charge is -2.18. The average Bonchev–Trinajstić information content (AvgIpc) is 2.25. The SMILES string of the molecule is CN(CCCN)c1ccc(C(F)(F)F)cn1. The van der Waals surface area contributed by atoms with Crippen molar-refractivity contribution in [2.24, 2.45) is 5.73 Å². The average molecular weight is 233 g/mol. The summed E-state index contributed by atoms with van der Waals surface area (Å²) in [4.78, 5) is 5.53. The third-order valence-corrected chi connectivity index (χ3v) is 2.16. The standard InChI is InChI=1S/C10H14F3N3/c1-16(6-2-5-14)9-4-3-8(7-15-9)10(11,12)13/h3-4,7H,2,5-6,14H2,1H3. The molecule has 1 heterocycles. The van der Waals surface area contributed by atoms with E-state index < -0.39 is 11.7 Å². The molecular weight excluding hydrogens is 219 g/mol. The van der Waals surface area contributed by atoms with Crippen LogP contribution in [0, 0.1) is 0 Å². The molecule has 16 heavy (non-hydrogen) atoms. The number of hydrogen-bond acceptors (Lipinski definition) is 3. The highest BCUT2D eigenvalue weighted by Gasteiger charge is 2.30. The number of nitrogens with two attached hydrogens (primary N) is 1. The van der Waals surface area contributed by atoms with E-state index >= 15 is 0 Å². The Bertz CT molecular complexity index is 321. The van der Waals surface area contributed by atoms with Crippen LogP contribution in [0.5, 0.6) is 0 Å². The molecule has 3 nitrogen and oxygen atoms in total. The summed E-state index contributed by atoms with van der Waals surface area (Å²) in [6, 6.07) is 2.39. The maximum absolute atomic E-state index is 12.3. The predicted octanol–water partition coefficient (Wildman–Crippen LogP) is 1.89. The van der Waals surface area contributed by atoms with E-state index in [4.69, 9.17) is 5.73 Å². The molecule has 0 aromatic carbocycles. The van der Waals surface area contributed by atoms with Gasteiger partial charge in [0.2, 0.25) is 0 Å². The van der Waals surface area contributed by atoms with Gasteiger partial charge in [-0.25, -0.2) is 4.98 Å². The highest BCUT2D eigenvalue weighted by molar-refractivity contribution is 5.38. The van der Waals surface area contributed by atoms with E-state index in [2.05, 4.69) is 4.98 Å². The fraction of sp³-hybridized carbons (Fsp3) is 0.500. The van der Waals surface area contributed by atoms with Crippen molar-refractivity contribution in [1.29, 1.82) is 0 Å². The van der Waals surface area contributed by atoms with Crippen LogP contribution in [-0.4, -0.2) is 25.1 Å². The van der Waals surface area contributed by atoms with E-state index in [-0.39, 0.29) is 0 Å². The van der Waals surface area contributed by atoms with Crippen LogP contribution in [0.15, 0.2) is 18.3 Å². The molecule has 0 fully saturated rings. The topological polar surface area (TPSA) is 42.1 Å². The van der Waals surface area contributed by atoms with Gasteiger partial charge in [0.25, 0.3) is 0 Å². The molecule has 0 amide bonds. The molecule has 6 heteroatoms. The van der Waals surface area contributed by atoms with Gasteiger partial charge in [0.05, 0.1) is 5.56 Å². The summed E-state index contributed by atoms with van der Waals surface area (Å²) in [6.45, 7) is 1.22. The van der Waals surface area contributed by atoms with Gasteiger partial charge in [-0.2, -0.15) is 13.2 Å². The van der Waals surface area contributed by atoms with E-state index in [0.717, 1.165) is 18.7 Å². The third kappa shape index (κ3) is 3.37. The number of rotatable bonds is 4. The molecule has 0 saturated heterocycles. The molecule has 0 aliphatic rings. The van der Waals surface area contributed by atoms with Crippen molar-refractivity contribution in [3.05, 3.63) is 23.9 Å². The fourth-order valence-electron chi connectivity index (χ4n) is 1.22. The van der Waals surface area contributed by atoms with Gasteiger partial charge in [0, 0.05) is 19.8 Å². The second-order valence-corrected chi connectivity index (χ2v) is 3.47. The van der Waals surface area contributed by atoms with Gasteiger partial charge < -0.3 is 10.6 Å². The fourth-order valence-corrected chi connectivity index (χ4v) is 1.22. The van der Waals surface area contributed by atoms with Crippen LogP contribution in [0.2, 0.25) is 0 Å². The second kappa shape index (κ2) is 5.16. The molecule has 0 atom stereocenters. The Hall–Kier alpha value is -1.30. The summed E-state index contributed by atoms with van der Waals surface area (Å²) in [5.41, 5.74) is 4.61. The minimum Gasteiger partial charge on any atom is -0.360 e. The van der Waals surface area contributed by atoms with Crippen molar-refractivity contribution >= 4 is 5.82 Å². The minimum atomic E-state index is -4.33. The summed E-state index contributed by atoms with van der Waals surface area (Å²) in [6.07, 6.45) is -2.71. The van der Waals surface area contributed by atoms with Crippen LogP contribution in [0.3, 0.4) is 0 Å². The monoisotopic (exact) mass is 233 g/mol. The maximum atomic E-state index is 12.3. The zero-order valence-corrected chi connectivity index (χ0v) is 8.96. The summed E-state index contributed by atoms with van der Waals surface area (Å²) < 4.78 is 36.8. The van der Waals surface area contributed by atoms with Crippen molar-refractivity contribution in [2.45, 2.75) is 12.6 Å². The zero-order valence-electron chi connectivity index (χ0n) is 8.96. The van der Waals surface area contributed by atoms with Gasteiger partial charge in [-0.05, 0) is 25.1 Å². The predicted molar refractivity (Wildman–Crippen MR) is 56.2 cm³/mol. The molecule has 0 unspecified atom stereocenters. The molecule has 0 saturated carbocycles. The molecule has 90 valence electrons. The molecule has 0 radical (unpaired) electrons. The van der Waals surface area contributed by atoms with Gasteiger partial charge in [0.1, 0.15) is 5.82 Å². The highest BCUT2D eigenvalue weighted by atomic mass is 19.4. The Morgan fingerprint density at radius 2 is 2.06 bits per heavy atom. The van der Waals surface area contributed by atoms with Crippen molar-refractivity contribution < 1.29 is 13.2 Å². The molecule has 1 aromatic rings. The number of alkyl halides is 3. The van der Waals surface area contributed by atoms with Crippen LogP contribution in [0.4, 0.5) is 19.0 Å². The van der Waals surface area contributed by atoms with Gasteiger partial charge in [-0.15, -0.1) is 0 Å². The van der Waals surface area contributed by atoms with Gasteiger partial charge >= 0.3 is 6.18 Å². The summed E-state index contributed by atoms with van der Waals surface area (Å²) >= 11 is 0. The van der Waals surface area contributed by atoms with E-state index in [0.29, 0.717) is 18.9 Å². The first kappa shape index (κ1) is 12.8. The largest absolute Gasteiger partial charge is 0.417 e. The Morgan fingerprint density at radius 1 is 1.38 bits per heavy atom. The lowest BCUT2D eigenvalue weighted by Crippen LogP contribution is -2.22. The van der Waals surface area contributed by atoms with Gasteiger partial charge in [0.15, 0.2) is 0 Å². The van der Waals surface area contributed by atoms with Crippen LogP contribution >= 0.6 is 0 Å². The number of pyridine rings is 1. The smallest absolute Gasteiger partial charge is 0.360 e. The van der Waals surface area contributed by atoms with E-state index in [9.17, 15) is 13.2 Å². The van der Waals surface area contributed by atoms with Crippen molar-refractivity contribution in [3.63, 3.8) is 0 Å². The van der Waals surface area contributed by atoms with Gasteiger partial charge in [-0.3, -0.25) is 0 Å². The zero-order chi connectivity index (χ0) is 12.2. The second-order valence-electron chi connectivity index (χ2n) is 3.47. The molecule has 0 aliphatic carbocycles. The summed E-state index contributed by atoms with van der Waals surface area (Å²) in [7, 11) is 1.77. The molecular formula is C10H14F3N3. The lowest BCUT2D eigenvalue weighted by molar-refractivity contribution is -0.137. The Kier molecular flexibility index (Phi) is 4.12. The van der Waals surface area contributed by atoms with Crippen LogP contribution < -0.4 is 10.6 Å². The van der Waals surface area contributed by atoms with Crippen LogP contribution in [-0.2, 0) is 6.18 Å². The summed E-state index contributed by atoms with van der Waals surface area (Å²) in [5, 5.41) is 0. The number of halogens is 3. The number of hydrogen-bond donors (Lipinski definition) is 1. The van der Waals surface area contributed by atoms with Crippen LogP contribution in [0.1, 0.15) is 12.0 Å². The van der Waals surface area contributed by atoms with E-state index in [1.54, 1.807) is 11.9 Å². The van der Waals surface area contributed by atoms with Crippen molar-refractivity contribution in [3.8, 4) is 0 Å². The molecule has 1 rings (SSSR count). The first-order valence-electron chi connectivity index (χ1n) is 4.89. The maximum Gasteiger partial charge on any atom is 0.417 e. The molecule has 0 spiro atoms. The molecule has 1 aromatic heterocycles. The molecule has 0 bridgehead atoms. The van der Waals surface area contributed by atoms with E-state index in [1.807, 2.05) is 0 Å². The molecule has 0 aliphatic heterocycles. The summed E-state index contributed by atoms with van der Waals surface area (Å²) in [5.74, 6) is 0.515. The minimum absolute atomic E-state index is 0.515. The van der Waals surface area contributed by atoms with Crippen LogP contribution in [0.25, 0.3) is 0 Å². The van der Waals surface area contributed by atoms with Crippen molar-refractivity contribution in [1.82, 2.24) is 4.98 Å². The quantitative estimate of drug-likeness (QED) is 0.863.